The van der Waals surface area contributed by atoms with Gasteiger partial charge < -0.3 is 4.57 Å². The first-order chi connectivity index (χ1) is 14.4. The van der Waals surface area contributed by atoms with E-state index < -0.39 is 0 Å². The highest BCUT2D eigenvalue weighted by Gasteiger charge is 2.13. The number of hydrazone groups is 1. The molecule has 30 heavy (non-hydrogen) atoms. The summed E-state index contributed by atoms with van der Waals surface area (Å²) in [4.78, 5) is 12.1. The quantitative estimate of drug-likeness (QED) is 0.338. The van der Waals surface area contributed by atoms with Gasteiger partial charge >= 0.3 is 0 Å². The van der Waals surface area contributed by atoms with E-state index in [1.54, 1.807) is 18.0 Å². The van der Waals surface area contributed by atoms with Crippen LogP contribution in [0.15, 0.2) is 58.1 Å². The molecule has 1 aromatic heterocycles. The molecule has 0 aliphatic carbocycles. The second-order valence-electron chi connectivity index (χ2n) is 7.32. The van der Waals surface area contributed by atoms with Crippen LogP contribution in [0, 0.1) is 27.7 Å². The summed E-state index contributed by atoms with van der Waals surface area (Å²) in [5, 5.41) is 4.18. The van der Waals surface area contributed by atoms with Crippen LogP contribution >= 0.6 is 27.7 Å². The van der Waals surface area contributed by atoms with Gasteiger partial charge in [-0.25, -0.2) is 5.43 Å². The van der Waals surface area contributed by atoms with Gasteiger partial charge in [0.05, 0.1) is 17.7 Å². The lowest BCUT2D eigenvalue weighted by Gasteiger charge is -2.15. The minimum atomic E-state index is -0.102. The van der Waals surface area contributed by atoms with Crippen LogP contribution in [0.2, 0.25) is 0 Å². The summed E-state index contributed by atoms with van der Waals surface area (Å²) in [6.07, 6.45) is 1.73. The molecule has 3 rings (SSSR count). The third-order valence-electron chi connectivity index (χ3n) is 4.92. The number of halogens is 1. The summed E-state index contributed by atoms with van der Waals surface area (Å²) in [7, 11) is 0. The third kappa shape index (κ3) is 5.43. The topological polar surface area (TPSA) is 46.4 Å². The maximum atomic E-state index is 12.1. The van der Waals surface area contributed by atoms with Gasteiger partial charge in [0.1, 0.15) is 0 Å². The maximum Gasteiger partial charge on any atom is 0.250 e. The van der Waals surface area contributed by atoms with Crippen molar-refractivity contribution >= 4 is 39.8 Å². The van der Waals surface area contributed by atoms with E-state index in [1.165, 1.54) is 22.4 Å². The van der Waals surface area contributed by atoms with Crippen molar-refractivity contribution in [1.82, 2.24) is 9.99 Å². The van der Waals surface area contributed by atoms with Crippen molar-refractivity contribution in [2.75, 3.05) is 5.75 Å². The SMILES string of the molecule is Cc1cccc(C)c1-n1c(C)cc(/C=N/NC(=O)CSCc2cccc(Br)c2)c1C. The van der Waals surface area contributed by atoms with Crippen LogP contribution in [0.3, 0.4) is 0 Å². The van der Waals surface area contributed by atoms with Gasteiger partial charge in [-0.1, -0.05) is 46.3 Å². The summed E-state index contributed by atoms with van der Waals surface area (Å²) >= 11 is 5.03. The Morgan fingerprint density at radius 2 is 1.80 bits per heavy atom. The van der Waals surface area contributed by atoms with Crippen LogP contribution < -0.4 is 5.43 Å². The van der Waals surface area contributed by atoms with Gasteiger partial charge in [0, 0.05) is 27.2 Å². The molecular formula is C24H26BrN3OS. The minimum absolute atomic E-state index is 0.102. The van der Waals surface area contributed by atoms with E-state index in [2.05, 4.69) is 95.1 Å². The first-order valence-electron chi connectivity index (χ1n) is 9.76. The van der Waals surface area contributed by atoms with Crippen molar-refractivity contribution in [3.05, 3.63) is 86.6 Å². The Morgan fingerprint density at radius 3 is 2.50 bits per heavy atom. The predicted octanol–water partition coefficient (Wildman–Crippen LogP) is 5.86. The number of amides is 1. The normalized spacial score (nSPS) is 11.2. The lowest BCUT2D eigenvalue weighted by molar-refractivity contribution is -0.118. The molecule has 1 N–H and O–H groups in total. The average Bonchev–Trinajstić information content (AvgIpc) is 2.96. The van der Waals surface area contributed by atoms with Crippen molar-refractivity contribution in [2.45, 2.75) is 33.4 Å². The molecule has 4 nitrogen and oxygen atoms in total. The Morgan fingerprint density at radius 1 is 1.10 bits per heavy atom. The van der Waals surface area contributed by atoms with E-state index in [-0.39, 0.29) is 5.91 Å². The highest BCUT2D eigenvalue weighted by molar-refractivity contribution is 9.10. The van der Waals surface area contributed by atoms with E-state index >= 15 is 0 Å². The van der Waals surface area contributed by atoms with Gasteiger partial charge in [0.15, 0.2) is 0 Å². The molecule has 0 aliphatic heterocycles. The van der Waals surface area contributed by atoms with Crippen molar-refractivity contribution in [2.24, 2.45) is 5.10 Å². The van der Waals surface area contributed by atoms with Gasteiger partial charge in [-0.3, -0.25) is 4.79 Å². The van der Waals surface area contributed by atoms with Crippen LogP contribution in [0.4, 0.5) is 0 Å². The lowest BCUT2D eigenvalue weighted by Crippen LogP contribution is -2.19. The van der Waals surface area contributed by atoms with Gasteiger partial charge in [0.25, 0.3) is 0 Å². The monoisotopic (exact) mass is 483 g/mol. The zero-order chi connectivity index (χ0) is 21.7. The van der Waals surface area contributed by atoms with E-state index in [9.17, 15) is 4.79 Å². The standard InChI is InChI=1S/C24H26BrN3OS/c1-16-7-5-8-17(2)24(16)28-18(3)11-21(19(28)4)13-26-27-23(29)15-30-14-20-9-6-10-22(25)12-20/h5-13H,14-15H2,1-4H3,(H,27,29)/b26-13+. The number of thioether (sulfide) groups is 1. The van der Waals surface area contributed by atoms with Crippen LogP contribution in [-0.4, -0.2) is 22.4 Å². The van der Waals surface area contributed by atoms with Crippen LogP contribution in [-0.2, 0) is 10.5 Å². The fraction of sp³-hybridized carbons (Fsp3) is 0.250. The zero-order valence-electron chi connectivity index (χ0n) is 17.7. The second kappa shape index (κ2) is 10.1. The number of benzene rings is 2. The number of nitrogens with one attached hydrogen (secondary N) is 1. The molecule has 0 radical (unpaired) electrons. The molecule has 6 heteroatoms. The third-order valence-corrected chi connectivity index (χ3v) is 6.41. The fourth-order valence-corrected chi connectivity index (χ4v) is 4.73. The van der Waals surface area contributed by atoms with Crippen LogP contribution in [0.5, 0.6) is 0 Å². The number of hydrogen-bond acceptors (Lipinski definition) is 3. The molecule has 1 heterocycles. The number of carbonyl (C=O) groups excluding carboxylic acids is 1. The Kier molecular flexibility index (Phi) is 7.56. The van der Waals surface area contributed by atoms with Crippen molar-refractivity contribution in [3.63, 3.8) is 0 Å². The molecule has 0 saturated carbocycles. The molecule has 156 valence electrons. The first kappa shape index (κ1) is 22.4. The number of aryl methyl sites for hydroxylation is 3. The fourth-order valence-electron chi connectivity index (χ4n) is 3.52. The van der Waals surface area contributed by atoms with Gasteiger partial charge in [-0.2, -0.15) is 5.10 Å². The highest BCUT2D eigenvalue weighted by Crippen LogP contribution is 2.25. The Hall–Kier alpha value is -2.31. The molecule has 0 fully saturated rings. The van der Waals surface area contributed by atoms with Crippen LogP contribution in [0.1, 0.15) is 33.6 Å². The number of rotatable bonds is 7. The summed E-state index contributed by atoms with van der Waals surface area (Å²) < 4.78 is 3.30. The molecule has 0 spiro atoms. The van der Waals surface area contributed by atoms with Gasteiger partial charge in [-0.15, -0.1) is 11.8 Å². The largest absolute Gasteiger partial charge is 0.317 e. The number of hydrogen-bond donors (Lipinski definition) is 1. The molecule has 1 amide bonds. The Labute approximate surface area is 190 Å². The zero-order valence-corrected chi connectivity index (χ0v) is 20.1. The van der Waals surface area contributed by atoms with E-state index in [1.807, 2.05) is 12.1 Å². The number of nitrogens with zero attached hydrogens (tertiary/aromatic N) is 2. The maximum absolute atomic E-state index is 12.1. The van der Waals surface area contributed by atoms with Crippen molar-refractivity contribution in [3.8, 4) is 5.69 Å². The van der Waals surface area contributed by atoms with Crippen molar-refractivity contribution in [1.29, 1.82) is 0 Å². The summed E-state index contributed by atoms with van der Waals surface area (Å²) in [5.41, 5.74) is 10.7. The van der Waals surface area contributed by atoms with E-state index in [0.29, 0.717) is 5.75 Å². The number of carbonyl (C=O) groups is 1. The smallest absolute Gasteiger partial charge is 0.250 e. The lowest BCUT2D eigenvalue weighted by atomic mass is 10.1. The molecular weight excluding hydrogens is 458 g/mol. The molecule has 2 aromatic carbocycles. The molecule has 0 unspecified atom stereocenters. The molecule has 0 aliphatic rings. The number of para-hydroxylation sites is 1. The second-order valence-corrected chi connectivity index (χ2v) is 9.22. The summed E-state index contributed by atoms with van der Waals surface area (Å²) in [5.74, 6) is 1.05. The van der Waals surface area contributed by atoms with E-state index in [0.717, 1.165) is 27.2 Å². The Bertz CT molecular complexity index is 1070. The Balaban J connectivity index is 1.61. The van der Waals surface area contributed by atoms with Crippen LogP contribution in [0.25, 0.3) is 5.69 Å². The predicted molar refractivity (Wildman–Crippen MR) is 131 cm³/mol. The minimum Gasteiger partial charge on any atom is -0.317 e. The molecule has 0 atom stereocenters. The molecule has 3 aromatic rings. The molecule has 0 bridgehead atoms. The summed E-state index contributed by atoms with van der Waals surface area (Å²) in [6.45, 7) is 8.42. The van der Waals surface area contributed by atoms with E-state index in [4.69, 9.17) is 0 Å². The van der Waals surface area contributed by atoms with Crippen molar-refractivity contribution < 1.29 is 4.79 Å². The summed E-state index contributed by atoms with van der Waals surface area (Å²) in [6, 6.07) is 16.5. The number of aromatic nitrogens is 1. The van der Waals surface area contributed by atoms with Gasteiger partial charge in [0.2, 0.25) is 5.91 Å². The van der Waals surface area contributed by atoms with Gasteiger partial charge in [-0.05, 0) is 62.6 Å². The first-order valence-corrected chi connectivity index (χ1v) is 11.7. The average molecular weight is 484 g/mol. The molecule has 0 saturated heterocycles. The highest BCUT2D eigenvalue weighted by atomic mass is 79.9.